The minimum atomic E-state index is -0.0747. The van der Waals surface area contributed by atoms with E-state index in [9.17, 15) is 4.79 Å². The molecular formula is C26H27N5O2. The first-order chi connectivity index (χ1) is 15.9. The van der Waals surface area contributed by atoms with Gasteiger partial charge in [0.2, 0.25) is 0 Å². The number of benzene rings is 1. The fourth-order valence-corrected chi connectivity index (χ4v) is 4.67. The molecule has 1 aliphatic rings. The quantitative estimate of drug-likeness (QED) is 0.459. The van der Waals surface area contributed by atoms with Gasteiger partial charge in [-0.2, -0.15) is 5.10 Å². The van der Waals surface area contributed by atoms with Crippen LogP contribution in [0.15, 0.2) is 48.5 Å². The standard InChI is InChI=1S/C26H27N5O2/c1-16-12-18(3)31-25(28-16)15-23(29-31)26(32)30-11-5-6-24(30)22-14-20(13-17(2)27-22)19-7-9-21(33-4)10-8-19/h7-10,12-15,24H,5-6,11H2,1-4H3/t24-/m0/s1. The molecule has 4 heterocycles. The van der Waals surface area contributed by atoms with Crippen LogP contribution in [-0.2, 0) is 0 Å². The number of amides is 1. The zero-order valence-corrected chi connectivity index (χ0v) is 19.4. The maximum absolute atomic E-state index is 13.5. The normalized spacial score (nSPS) is 15.9. The summed E-state index contributed by atoms with van der Waals surface area (Å²) >= 11 is 0. The van der Waals surface area contributed by atoms with Gasteiger partial charge in [0.15, 0.2) is 11.3 Å². The van der Waals surface area contributed by atoms with E-state index in [-0.39, 0.29) is 11.9 Å². The number of aromatic nitrogens is 4. The van der Waals surface area contributed by atoms with E-state index in [4.69, 9.17) is 9.72 Å². The Kier molecular flexibility index (Phi) is 5.32. The van der Waals surface area contributed by atoms with Crippen LogP contribution in [0.2, 0.25) is 0 Å². The Bertz CT molecular complexity index is 1340. The number of likely N-dealkylation sites (tertiary alicyclic amines) is 1. The minimum absolute atomic E-state index is 0.0741. The summed E-state index contributed by atoms with van der Waals surface area (Å²) in [4.78, 5) is 24.7. The molecule has 5 rings (SSSR count). The lowest BCUT2D eigenvalue weighted by atomic mass is 10.0. The van der Waals surface area contributed by atoms with Crippen LogP contribution >= 0.6 is 0 Å². The highest BCUT2D eigenvalue weighted by Crippen LogP contribution is 2.34. The van der Waals surface area contributed by atoms with Gasteiger partial charge >= 0.3 is 0 Å². The molecule has 0 saturated carbocycles. The summed E-state index contributed by atoms with van der Waals surface area (Å²) < 4.78 is 7.02. The van der Waals surface area contributed by atoms with Crippen molar-refractivity contribution in [3.05, 3.63) is 77.0 Å². The summed E-state index contributed by atoms with van der Waals surface area (Å²) in [7, 11) is 1.66. The number of methoxy groups -OCH3 is 1. The number of rotatable bonds is 4. The van der Waals surface area contributed by atoms with Crippen LogP contribution in [-0.4, -0.2) is 44.0 Å². The van der Waals surface area contributed by atoms with Gasteiger partial charge in [-0.25, -0.2) is 9.50 Å². The molecule has 1 fully saturated rings. The third-order valence-corrected chi connectivity index (χ3v) is 6.20. The molecule has 33 heavy (non-hydrogen) atoms. The zero-order chi connectivity index (χ0) is 23.1. The van der Waals surface area contributed by atoms with Crippen LogP contribution in [0.4, 0.5) is 0 Å². The number of fused-ring (bicyclic) bond motifs is 1. The van der Waals surface area contributed by atoms with Crippen molar-refractivity contribution in [3.8, 4) is 16.9 Å². The van der Waals surface area contributed by atoms with Crippen molar-refractivity contribution in [1.29, 1.82) is 0 Å². The van der Waals surface area contributed by atoms with Crippen molar-refractivity contribution in [2.75, 3.05) is 13.7 Å². The van der Waals surface area contributed by atoms with E-state index < -0.39 is 0 Å². The van der Waals surface area contributed by atoms with Crippen LogP contribution in [0, 0.1) is 20.8 Å². The highest BCUT2D eigenvalue weighted by atomic mass is 16.5. The molecular weight excluding hydrogens is 414 g/mol. The molecule has 7 heteroatoms. The van der Waals surface area contributed by atoms with E-state index in [1.807, 2.05) is 56.0 Å². The Labute approximate surface area is 193 Å². The van der Waals surface area contributed by atoms with Gasteiger partial charge in [0.05, 0.1) is 18.8 Å². The monoisotopic (exact) mass is 441 g/mol. The van der Waals surface area contributed by atoms with Crippen LogP contribution in [0.25, 0.3) is 16.8 Å². The third-order valence-electron chi connectivity index (χ3n) is 6.20. The SMILES string of the molecule is COc1ccc(-c2cc(C)nc([C@@H]3CCCN3C(=O)c3cc4nc(C)cc(C)n4n3)c2)cc1. The van der Waals surface area contributed by atoms with Gasteiger partial charge in [0.25, 0.3) is 5.91 Å². The van der Waals surface area contributed by atoms with Crippen LogP contribution in [0.3, 0.4) is 0 Å². The highest BCUT2D eigenvalue weighted by Gasteiger charge is 2.33. The van der Waals surface area contributed by atoms with Gasteiger partial charge in [-0.05, 0) is 75.1 Å². The van der Waals surface area contributed by atoms with Gasteiger partial charge in [0, 0.05) is 29.7 Å². The fraction of sp³-hybridized carbons (Fsp3) is 0.308. The molecule has 1 aliphatic heterocycles. The van der Waals surface area contributed by atoms with Crippen molar-refractivity contribution in [2.24, 2.45) is 0 Å². The Morgan fingerprint density at radius 3 is 2.48 bits per heavy atom. The van der Waals surface area contributed by atoms with Gasteiger partial charge in [-0.1, -0.05) is 12.1 Å². The first kappa shape index (κ1) is 21.1. The van der Waals surface area contributed by atoms with E-state index >= 15 is 0 Å². The predicted molar refractivity (Wildman–Crippen MR) is 126 cm³/mol. The predicted octanol–water partition coefficient (Wildman–Crippen LogP) is 4.70. The molecule has 0 bridgehead atoms. The second-order valence-electron chi connectivity index (χ2n) is 8.65. The van der Waals surface area contributed by atoms with Gasteiger partial charge < -0.3 is 9.64 Å². The molecule has 0 spiro atoms. The molecule has 1 atom stereocenters. The summed E-state index contributed by atoms with van der Waals surface area (Å²) in [6, 6.07) is 15.8. The summed E-state index contributed by atoms with van der Waals surface area (Å²) in [5.41, 5.74) is 7.01. The second kappa shape index (κ2) is 8.31. The third kappa shape index (κ3) is 3.95. The van der Waals surface area contributed by atoms with E-state index in [0.717, 1.165) is 52.5 Å². The van der Waals surface area contributed by atoms with Crippen molar-refractivity contribution in [3.63, 3.8) is 0 Å². The summed E-state index contributed by atoms with van der Waals surface area (Å²) in [6.07, 6.45) is 1.82. The maximum atomic E-state index is 13.5. The van der Waals surface area contributed by atoms with E-state index in [1.165, 1.54) is 0 Å². The summed E-state index contributed by atoms with van der Waals surface area (Å²) in [5.74, 6) is 0.749. The van der Waals surface area contributed by atoms with E-state index in [1.54, 1.807) is 17.7 Å². The van der Waals surface area contributed by atoms with E-state index in [0.29, 0.717) is 17.9 Å². The summed E-state index contributed by atoms with van der Waals surface area (Å²) in [6.45, 7) is 6.60. The molecule has 1 amide bonds. The van der Waals surface area contributed by atoms with Gasteiger partial charge in [0.1, 0.15) is 5.75 Å². The average Bonchev–Trinajstić information content (AvgIpc) is 3.46. The Morgan fingerprint density at radius 2 is 1.73 bits per heavy atom. The number of aryl methyl sites for hydroxylation is 3. The first-order valence-corrected chi connectivity index (χ1v) is 11.2. The molecule has 168 valence electrons. The molecule has 0 aliphatic carbocycles. The Balaban J connectivity index is 1.47. The molecule has 4 aromatic rings. The zero-order valence-electron chi connectivity index (χ0n) is 19.4. The van der Waals surface area contributed by atoms with Crippen LogP contribution in [0.1, 0.15) is 52.1 Å². The van der Waals surface area contributed by atoms with Crippen molar-refractivity contribution < 1.29 is 9.53 Å². The molecule has 1 saturated heterocycles. The number of ether oxygens (including phenoxy) is 1. The minimum Gasteiger partial charge on any atom is -0.497 e. The van der Waals surface area contributed by atoms with Crippen molar-refractivity contribution >= 4 is 11.6 Å². The van der Waals surface area contributed by atoms with Crippen LogP contribution < -0.4 is 4.74 Å². The molecule has 7 nitrogen and oxygen atoms in total. The lowest BCUT2D eigenvalue weighted by Crippen LogP contribution is -2.31. The lowest BCUT2D eigenvalue weighted by Gasteiger charge is -2.24. The Morgan fingerprint density at radius 1 is 0.970 bits per heavy atom. The van der Waals surface area contributed by atoms with Gasteiger partial charge in [-0.3, -0.25) is 9.78 Å². The summed E-state index contributed by atoms with van der Waals surface area (Å²) in [5, 5.41) is 4.56. The smallest absolute Gasteiger partial charge is 0.275 e. The first-order valence-electron chi connectivity index (χ1n) is 11.2. The molecule has 3 aromatic heterocycles. The van der Waals surface area contributed by atoms with E-state index in [2.05, 4.69) is 22.2 Å². The highest BCUT2D eigenvalue weighted by molar-refractivity contribution is 5.93. The van der Waals surface area contributed by atoms with Gasteiger partial charge in [-0.15, -0.1) is 0 Å². The Hall–Kier alpha value is -3.74. The molecule has 0 N–H and O–H groups in total. The number of carbonyl (C=O) groups excluding carboxylic acids is 1. The molecule has 0 unspecified atom stereocenters. The maximum Gasteiger partial charge on any atom is 0.275 e. The topological polar surface area (TPSA) is 72.6 Å². The lowest BCUT2D eigenvalue weighted by molar-refractivity contribution is 0.0726. The number of nitrogens with zero attached hydrogens (tertiary/aromatic N) is 5. The molecule has 1 aromatic carbocycles. The van der Waals surface area contributed by atoms with Crippen LogP contribution in [0.5, 0.6) is 5.75 Å². The second-order valence-corrected chi connectivity index (χ2v) is 8.65. The number of pyridine rings is 1. The number of hydrogen-bond donors (Lipinski definition) is 0. The largest absolute Gasteiger partial charge is 0.497 e. The molecule has 0 radical (unpaired) electrons. The van der Waals surface area contributed by atoms with Crippen molar-refractivity contribution in [1.82, 2.24) is 24.5 Å². The number of carbonyl (C=O) groups is 1. The average molecular weight is 442 g/mol. The number of hydrogen-bond acceptors (Lipinski definition) is 5. The fourth-order valence-electron chi connectivity index (χ4n) is 4.67. The van der Waals surface area contributed by atoms with Crippen molar-refractivity contribution in [2.45, 2.75) is 39.7 Å².